The van der Waals surface area contributed by atoms with Crippen LogP contribution in [0.5, 0.6) is 0 Å². The van der Waals surface area contributed by atoms with Gasteiger partial charge >= 0.3 is 5.97 Å². The van der Waals surface area contributed by atoms with Gasteiger partial charge in [0.2, 0.25) is 5.91 Å². The van der Waals surface area contributed by atoms with Crippen molar-refractivity contribution in [2.45, 2.75) is 12.1 Å². The largest absolute Gasteiger partial charge is 0.465 e. The molecule has 0 saturated carbocycles. The molecule has 2 aromatic heterocycles. The van der Waals surface area contributed by atoms with Gasteiger partial charge in [-0.15, -0.1) is 11.3 Å². The number of nitrogens with zero attached hydrogens (tertiary/aromatic N) is 1. The highest BCUT2D eigenvalue weighted by atomic mass is 32.2. The van der Waals surface area contributed by atoms with E-state index >= 15 is 0 Å². The molecule has 0 unspecified atom stereocenters. The van der Waals surface area contributed by atoms with Crippen molar-refractivity contribution in [1.29, 1.82) is 0 Å². The summed E-state index contributed by atoms with van der Waals surface area (Å²) in [6.45, 7) is 1.91. The second kappa shape index (κ2) is 7.71. The number of methoxy groups -OCH3 is 1. The van der Waals surface area contributed by atoms with Crippen LogP contribution in [0.25, 0.3) is 10.2 Å². The molecule has 0 atom stereocenters. The minimum absolute atomic E-state index is 0.0948. The van der Waals surface area contributed by atoms with E-state index in [1.54, 1.807) is 30.3 Å². The Kier molecular flexibility index (Phi) is 5.38. The van der Waals surface area contributed by atoms with Gasteiger partial charge in [-0.1, -0.05) is 11.8 Å². The number of benzene rings is 1. The summed E-state index contributed by atoms with van der Waals surface area (Å²) in [6, 6.07) is 8.18. The maximum absolute atomic E-state index is 12.1. The number of thioether (sulfide) groups is 1. The second-order valence-corrected chi connectivity index (χ2v) is 7.55. The fourth-order valence-electron chi connectivity index (χ4n) is 2.24. The zero-order valence-electron chi connectivity index (χ0n) is 14.0. The molecular weight excluding hydrogens is 374 g/mol. The van der Waals surface area contributed by atoms with Crippen molar-refractivity contribution in [3.05, 3.63) is 51.1 Å². The van der Waals surface area contributed by atoms with E-state index in [0.717, 1.165) is 16.6 Å². The number of aromatic nitrogens is 2. The van der Waals surface area contributed by atoms with Crippen molar-refractivity contribution >= 4 is 50.9 Å². The Bertz CT molecular complexity index is 1020. The quantitative estimate of drug-likeness (QED) is 0.395. The van der Waals surface area contributed by atoms with E-state index in [0.29, 0.717) is 26.6 Å². The Morgan fingerprint density at radius 3 is 2.73 bits per heavy atom. The first-order valence-electron chi connectivity index (χ1n) is 7.58. The average molecular weight is 389 g/mol. The maximum atomic E-state index is 12.1. The minimum Gasteiger partial charge on any atom is -0.465 e. The number of carbonyl (C=O) groups excluding carboxylic acids is 2. The summed E-state index contributed by atoms with van der Waals surface area (Å²) in [4.78, 5) is 44.2. The summed E-state index contributed by atoms with van der Waals surface area (Å²) in [5.41, 5.74) is 0.760. The van der Waals surface area contributed by atoms with Crippen molar-refractivity contribution in [2.24, 2.45) is 0 Å². The first-order valence-corrected chi connectivity index (χ1v) is 9.38. The number of carbonyl (C=O) groups is 2. The summed E-state index contributed by atoms with van der Waals surface area (Å²) in [7, 11) is 1.31. The lowest BCUT2D eigenvalue weighted by molar-refractivity contribution is -0.113. The first kappa shape index (κ1) is 18.2. The zero-order chi connectivity index (χ0) is 18.7. The lowest BCUT2D eigenvalue weighted by Crippen LogP contribution is -2.15. The number of H-pyrrole nitrogens is 1. The van der Waals surface area contributed by atoms with Gasteiger partial charge in [0.15, 0.2) is 5.16 Å². The SMILES string of the molecule is COC(=O)c1ccc(NC(=O)CSc2nc3sc(C)cc3c(=O)[nH]2)cc1. The molecule has 26 heavy (non-hydrogen) atoms. The molecule has 9 heteroatoms. The van der Waals surface area contributed by atoms with E-state index < -0.39 is 5.97 Å². The van der Waals surface area contributed by atoms with Crippen LogP contribution >= 0.6 is 23.1 Å². The van der Waals surface area contributed by atoms with Gasteiger partial charge in [0.05, 0.1) is 23.8 Å². The summed E-state index contributed by atoms with van der Waals surface area (Å²) < 4.78 is 4.62. The fourth-order valence-corrected chi connectivity index (χ4v) is 3.84. The standard InChI is InChI=1S/C17H15N3O4S2/c1-9-7-12-14(22)19-17(20-15(12)26-9)25-8-13(21)18-11-5-3-10(4-6-11)16(23)24-2/h3-7H,8H2,1-2H3,(H,18,21)(H,19,20,22). The predicted octanol–water partition coefficient (Wildman–Crippen LogP) is 2.81. The highest BCUT2D eigenvalue weighted by Crippen LogP contribution is 2.22. The number of ether oxygens (including phenoxy) is 1. The first-order chi connectivity index (χ1) is 12.5. The highest BCUT2D eigenvalue weighted by Gasteiger charge is 2.10. The van der Waals surface area contributed by atoms with Crippen LogP contribution in [0.3, 0.4) is 0 Å². The molecule has 3 aromatic rings. The van der Waals surface area contributed by atoms with Crippen LogP contribution in [0.2, 0.25) is 0 Å². The molecule has 0 spiro atoms. The van der Waals surface area contributed by atoms with E-state index in [4.69, 9.17) is 0 Å². The van der Waals surface area contributed by atoms with Gasteiger partial charge in [-0.25, -0.2) is 9.78 Å². The van der Waals surface area contributed by atoms with Crippen LogP contribution in [-0.4, -0.2) is 34.7 Å². The molecule has 0 aliphatic carbocycles. The predicted molar refractivity (Wildman–Crippen MR) is 102 cm³/mol. The topological polar surface area (TPSA) is 101 Å². The van der Waals surface area contributed by atoms with Gasteiger partial charge in [0.1, 0.15) is 4.83 Å². The number of esters is 1. The molecule has 0 aliphatic rings. The molecule has 2 N–H and O–H groups in total. The molecule has 0 fully saturated rings. The summed E-state index contributed by atoms with van der Waals surface area (Å²) in [5.74, 6) is -0.587. The number of nitrogens with one attached hydrogen (secondary N) is 2. The number of thiophene rings is 1. The van der Waals surface area contributed by atoms with E-state index in [1.165, 1.54) is 18.4 Å². The van der Waals surface area contributed by atoms with E-state index in [2.05, 4.69) is 20.0 Å². The minimum atomic E-state index is -0.437. The van der Waals surface area contributed by atoms with Crippen LogP contribution in [0.4, 0.5) is 5.69 Å². The monoisotopic (exact) mass is 389 g/mol. The lowest BCUT2D eigenvalue weighted by atomic mass is 10.2. The molecule has 0 radical (unpaired) electrons. The Balaban J connectivity index is 1.62. The molecule has 1 amide bonds. The van der Waals surface area contributed by atoms with E-state index in [9.17, 15) is 14.4 Å². The highest BCUT2D eigenvalue weighted by molar-refractivity contribution is 7.99. The van der Waals surface area contributed by atoms with Gasteiger partial charge in [0.25, 0.3) is 5.56 Å². The van der Waals surface area contributed by atoms with Gasteiger partial charge in [-0.05, 0) is 37.3 Å². The molecular formula is C17H15N3O4S2. The molecule has 0 aliphatic heterocycles. The molecule has 1 aromatic carbocycles. The summed E-state index contributed by atoms with van der Waals surface area (Å²) in [5, 5.41) is 3.69. The number of aryl methyl sites for hydroxylation is 1. The maximum Gasteiger partial charge on any atom is 0.337 e. The van der Waals surface area contributed by atoms with Crippen molar-refractivity contribution in [1.82, 2.24) is 9.97 Å². The number of fused-ring (bicyclic) bond motifs is 1. The van der Waals surface area contributed by atoms with Crippen molar-refractivity contribution in [3.8, 4) is 0 Å². The smallest absolute Gasteiger partial charge is 0.337 e. The molecule has 0 saturated heterocycles. The third-order valence-electron chi connectivity index (χ3n) is 3.43. The van der Waals surface area contributed by atoms with Crippen LogP contribution in [0.1, 0.15) is 15.2 Å². The third-order valence-corrected chi connectivity index (χ3v) is 5.25. The Labute approximate surface area is 156 Å². The number of aromatic amines is 1. The normalized spacial score (nSPS) is 10.7. The Morgan fingerprint density at radius 2 is 2.04 bits per heavy atom. The van der Waals surface area contributed by atoms with Crippen molar-refractivity contribution < 1.29 is 14.3 Å². The van der Waals surface area contributed by atoms with Crippen molar-refractivity contribution in [2.75, 3.05) is 18.2 Å². The van der Waals surface area contributed by atoms with Crippen LogP contribution in [-0.2, 0) is 9.53 Å². The van der Waals surface area contributed by atoms with Crippen molar-refractivity contribution in [3.63, 3.8) is 0 Å². The van der Waals surface area contributed by atoms with Gasteiger partial charge in [-0.3, -0.25) is 9.59 Å². The lowest BCUT2D eigenvalue weighted by Gasteiger charge is -2.06. The summed E-state index contributed by atoms with van der Waals surface area (Å²) >= 11 is 2.59. The fraction of sp³-hybridized carbons (Fsp3) is 0.176. The third kappa shape index (κ3) is 4.12. The number of anilines is 1. The Morgan fingerprint density at radius 1 is 1.31 bits per heavy atom. The molecule has 2 heterocycles. The molecule has 7 nitrogen and oxygen atoms in total. The average Bonchev–Trinajstić information content (AvgIpc) is 3.01. The molecule has 3 rings (SSSR count). The number of hydrogen-bond donors (Lipinski definition) is 2. The number of amides is 1. The second-order valence-electron chi connectivity index (χ2n) is 5.35. The zero-order valence-corrected chi connectivity index (χ0v) is 15.6. The van der Waals surface area contributed by atoms with Crippen LogP contribution in [0.15, 0.2) is 40.3 Å². The van der Waals surface area contributed by atoms with Gasteiger partial charge in [-0.2, -0.15) is 0 Å². The van der Waals surface area contributed by atoms with E-state index in [-0.39, 0.29) is 17.2 Å². The summed E-state index contributed by atoms with van der Waals surface area (Å²) in [6.07, 6.45) is 0. The number of hydrogen-bond acceptors (Lipinski definition) is 7. The van der Waals surface area contributed by atoms with Gasteiger partial charge in [0, 0.05) is 10.6 Å². The van der Waals surface area contributed by atoms with E-state index in [1.807, 2.05) is 6.92 Å². The van der Waals surface area contributed by atoms with Gasteiger partial charge < -0.3 is 15.0 Å². The molecule has 0 bridgehead atoms. The van der Waals surface area contributed by atoms with Crippen LogP contribution < -0.4 is 10.9 Å². The Hall–Kier alpha value is -2.65. The molecule has 134 valence electrons. The van der Waals surface area contributed by atoms with Crippen LogP contribution in [0, 0.1) is 6.92 Å². The number of rotatable bonds is 5.